The van der Waals surface area contributed by atoms with Gasteiger partial charge in [-0.15, -0.1) is 0 Å². The molecule has 1 unspecified atom stereocenters. The minimum Gasteiger partial charge on any atom is -0.384 e. The first-order chi connectivity index (χ1) is 9.88. The number of nitrogens with one attached hydrogen (secondary N) is 1. The van der Waals surface area contributed by atoms with E-state index in [1.807, 2.05) is 7.05 Å². The maximum absolute atomic E-state index is 12.9. The summed E-state index contributed by atoms with van der Waals surface area (Å²) in [6.07, 6.45) is 1.70. The van der Waals surface area contributed by atoms with E-state index in [4.69, 9.17) is 0 Å². The van der Waals surface area contributed by atoms with Gasteiger partial charge in [-0.05, 0) is 57.6 Å². The molecule has 1 aliphatic rings. The number of rotatable bonds is 4. The smallest absolute Gasteiger partial charge is 0.223 e. The molecule has 1 saturated heterocycles. The molecule has 4 nitrogen and oxygen atoms in total. The van der Waals surface area contributed by atoms with Crippen LogP contribution >= 0.6 is 0 Å². The molecule has 1 aliphatic heterocycles. The van der Waals surface area contributed by atoms with E-state index in [0.29, 0.717) is 5.56 Å². The summed E-state index contributed by atoms with van der Waals surface area (Å²) >= 11 is 0. The lowest BCUT2D eigenvalue weighted by Gasteiger charge is -2.30. The Morgan fingerprint density at radius 3 is 2.52 bits per heavy atom. The second-order valence-corrected chi connectivity index (χ2v) is 6.08. The van der Waals surface area contributed by atoms with Crippen LogP contribution in [0, 0.1) is 11.7 Å². The van der Waals surface area contributed by atoms with Gasteiger partial charge in [0.1, 0.15) is 11.4 Å². The topological polar surface area (TPSA) is 52.6 Å². The summed E-state index contributed by atoms with van der Waals surface area (Å²) in [5.74, 6) is -0.333. The lowest BCUT2D eigenvalue weighted by molar-refractivity contribution is -0.127. The zero-order chi connectivity index (χ0) is 15.5. The van der Waals surface area contributed by atoms with Crippen molar-refractivity contribution in [1.29, 1.82) is 0 Å². The van der Waals surface area contributed by atoms with Gasteiger partial charge in [-0.25, -0.2) is 4.39 Å². The number of hydrogen-bond acceptors (Lipinski definition) is 3. The molecule has 5 heteroatoms. The number of halogens is 1. The van der Waals surface area contributed by atoms with E-state index in [9.17, 15) is 14.3 Å². The summed E-state index contributed by atoms with van der Waals surface area (Å²) in [4.78, 5) is 14.3. The molecule has 1 aromatic carbocycles. The summed E-state index contributed by atoms with van der Waals surface area (Å²) < 4.78 is 12.9. The van der Waals surface area contributed by atoms with E-state index >= 15 is 0 Å². The molecule has 0 radical (unpaired) electrons. The fourth-order valence-electron chi connectivity index (χ4n) is 2.59. The van der Waals surface area contributed by atoms with Crippen molar-refractivity contribution in [2.24, 2.45) is 5.92 Å². The van der Waals surface area contributed by atoms with Gasteiger partial charge in [0.2, 0.25) is 5.91 Å². The van der Waals surface area contributed by atoms with E-state index in [1.165, 1.54) is 24.3 Å². The van der Waals surface area contributed by atoms with Crippen molar-refractivity contribution in [1.82, 2.24) is 10.2 Å². The molecule has 0 spiro atoms. The number of carbonyl (C=O) groups is 1. The fraction of sp³-hybridized carbons (Fsp3) is 0.562. The van der Waals surface area contributed by atoms with Crippen molar-refractivity contribution in [2.75, 3.05) is 26.7 Å². The molecule has 2 N–H and O–H groups in total. The van der Waals surface area contributed by atoms with Gasteiger partial charge in [-0.2, -0.15) is 0 Å². The Bertz CT molecular complexity index is 480. The van der Waals surface area contributed by atoms with Crippen molar-refractivity contribution in [3.8, 4) is 0 Å². The Hall–Kier alpha value is -1.46. The van der Waals surface area contributed by atoms with Crippen LogP contribution in [0.15, 0.2) is 24.3 Å². The third-order valence-corrected chi connectivity index (χ3v) is 4.16. The van der Waals surface area contributed by atoms with E-state index < -0.39 is 5.60 Å². The summed E-state index contributed by atoms with van der Waals surface area (Å²) in [5, 5.41) is 13.2. The number of piperidine rings is 1. The van der Waals surface area contributed by atoms with Gasteiger partial charge >= 0.3 is 0 Å². The lowest BCUT2D eigenvalue weighted by atomic mass is 9.93. The summed E-state index contributed by atoms with van der Waals surface area (Å²) in [6.45, 7) is 3.60. The zero-order valence-corrected chi connectivity index (χ0v) is 12.6. The molecule has 1 amide bonds. The first-order valence-corrected chi connectivity index (χ1v) is 7.33. The van der Waals surface area contributed by atoms with Gasteiger partial charge in [0, 0.05) is 5.92 Å². The molecule has 2 rings (SSSR count). The largest absolute Gasteiger partial charge is 0.384 e. The van der Waals surface area contributed by atoms with Crippen LogP contribution in [0.3, 0.4) is 0 Å². The van der Waals surface area contributed by atoms with Crippen LogP contribution in [0.4, 0.5) is 4.39 Å². The van der Waals surface area contributed by atoms with Crippen LogP contribution in [0.2, 0.25) is 0 Å². The lowest BCUT2D eigenvalue weighted by Crippen LogP contribution is -2.44. The second-order valence-electron chi connectivity index (χ2n) is 6.08. The molecule has 116 valence electrons. The fourth-order valence-corrected chi connectivity index (χ4v) is 2.59. The highest BCUT2D eigenvalue weighted by Gasteiger charge is 2.27. The van der Waals surface area contributed by atoms with Crippen molar-refractivity contribution in [3.05, 3.63) is 35.6 Å². The number of nitrogens with zero attached hydrogens (tertiary/aromatic N) is 1. The van der Waals surface area contributed by atoms with Gasteiger partial charge < -0.3 is 15.3 Å². The van der Waals surface area contributed by atoms with E-state index in [2.05, 4.69) is 10.2 Å². The maximum atomic E-state index is 12.9. The highest BCUT2D eigenvalue weighted by Crippen LogP contribution is 2.21. The quantitative estimate of drug-likeness (QED) is 0.884. The molecule has 1 aromatic rings. The molecule has 0 aliphatic carbocycles. The predicted octanol–water partition coefficient (Wildman–Crippen LogP) is 1.49. The van der Waals surface area contributed by atoms with Gasteiger partial charge in [0.05, 0.1) is 6.54 Å². The molecular weight excluding hydrogens is 271 g/mol. The highest BCUT2D eigenvalue weighted by molar-refractivity contribution is 5.78. The Morgan fingerprint density at radius 1 is 1.38 bits per heavy atom. The average molecular weight is 294 g/mol. The van der Waals surface area contributed by atoms with Gasteiger partial charge in [0.25, 0.3) is 0 Å². The Morgan fingerprint density at radius 2 is 1.95 bits per heavy atom. The molecule has 1 heterocycles. The number of carbonyl (C=O) groups excluding carboxylic acids is 1. The van der Waals surface area contributed by atoms with Gasteiger partial charge in [0.15, 0.2) is 0 Å². The van der Waals surface area contributed by atoms with Crippen molar-refractivity contribution in [2.45, 2.75) is 25.4 Å². The number of hydrogen-bond donors (Lipinski definition) is 2. The number of likely N-dealkylation sites (tertiary alicyclic amines) is 1. The van der Waals surface area contributed by atoms with Crippen molar-refractivity contribution >= 4 is 5.91 Å². The summed E-state index contributed by atoms with van der Waals surface area (Å²) in [7, 11) is 2.05. The molecule has 0 aromatic heterocycles. The van der Waals surface area contributed by atoms with Crippen molar-refractivity contribution < 1.29 is 14.3 Å². The van der Waals surface area contributed by atoms with Crippen LogP contribution in [0.25, 0.3) is 0 Å². The van der Waals surface area contributed by atoms with Crippen LogP contribution < -0.4 is 5.32 Å². The maximum Gasteiger partial charge on any atom is 0.223 e. The third-order valence-electron chi connectivity index (χ3n) is 4.16. The average Bonchev–Trinajstić information content (AvgIpc) is 2.46. The number of amides is 1. The SMILES string of the molecule is CN1CCC(C(=O)NCC(C)(O)c2ccc(F)cc2)CC1. The van der Waals surface area contributed by atoms with Crippen LogP contribution in [0.5, 0.6) is 0 Å². The van der Waals surface area contributed by atoms with E-state index in [0.717, 1.165) is 25.9 Å². The first kappa shape index (κ1) is 15.9. The highest BCUT2D eigenvalue weighted by atomic mass is 19.1. The number of aliphatic hydroxyl groups is 1. The van der Waals surface area contributed by atoms with Crippen molar-refractivity contribution in [3.63, 3.8) is 0 Å². The minimum atomic E-state index is -1.20. The van der Waals surface area contributed by atoms with E-state index in [-0.39, 0.29) is 24.2 Å². The molecule has 0 bridgehead atoms. The molecule has 0 saturated carbocycles. The minimum absolute atomic E-state index is 0.00881. The summed E-state index contributed by atoms with van der Waals surface area (Å²) in [6, 6.07) is 5.69. The second kappa shape index (κ2) is 6.54. The molecule has 1 fully saturated rings. The third kappa shape index (κ3) is 4.25. The van der Waals surface area contributed by atoms with Crippen LogP contribution in [-0.4, -0.2) is 42.6 Å². The normalized spacial score (nSPS) is 20.0. The summed E-state index contributed by atoms with van der Waals surface area (Å²) in [5.41, 5.74) is -0.609. The predicted molar refractivity (Wildman–Crippen MR) is 79.2 cm³/mol. The Balaban J connectivity index is 1.89. The first-order valence-electron chi connectivity index (χ1n) is 7.33. The monoisotopic (exact) mass is 294 g/mol. The zero-order valence-electron chi connectivity index (χ0n) is 12.6. The number of benzene rings is 1. The molecular formula is C16H23FN2O2. The van der Waals surface area contributed by atoms with Crippen LogP contribution in [-0.2, 0) is 10.4 Å². The van der Waals surface area contributed by atoms with E-state index in [1.54, 1.807) is 6.92 Å². The Kier molecular flexibility index (Phi) is 4.96. The van der Waals surface area contributed by atoms with Crippen LogP contribution in [0.1, 0.15) is 25.3 Å². The van der Waals surface area contributed by atoms with Gasteiger partial charge in [-0.1, -0.05) is 12.1 Å². The molecule has 1 atom stereocenters. The Labute approximate surface area is 125 Å². The standard InChI is InChI=1S/C16H23FN2O2/c1-16(21,13-3-5-14(17)6-4-13)11-18-15(20)12-7-9-19(2)10-8-12/h3-6,12,21H,7-11H2,1-2H3,(H,18,20). The van der Waals surface area contributed by atoms with Gasteiger partial charge in [-0.3, -0.25) is 4.79 Å². The molecule has 21 heavy (non-hydrogen) atoms.